The van der Waals surface area contributed by atoms with Gasteiger partial charge in [-0.05, 0) is 38.1 Å². The largest absolute Gasteiger partial charge is 0.394 e. The lowest BCUT2D eigenvalue weighted by Gasteiger charge is -2.50. The van der Waals surface area contributed by atoms with E-state index in [0.29, 0.717) is 11.1 Å². The summed E-state index contributed by atoms with van der Waals surface area (Å²) in [7, 11) is -9.49. The third-order valence-electron chi connectivity index (χ3n) is 17.8. The Labute approximate surface area is 551 Å². The van der Waals surface area contributed by atoms with Crippen molar-refractivity contribution in [3.8, 4) is 0 Å². The number of aryl methyl sites for hydroxylation is 2. The van der Waals surface area contributed by atoms with Gasteiger partial charge in [0.1, 0.15) is 171 Å². The molecule has 0 saturated carbocycles. The molecular formula is C56H82O39S2. The first-order valence-corrected chi connectivity index (χ1v) is 33.4. The standard InChI is InChI=1S/C56H82O39S2/c1-18-3-7-20(8-4-18)96(76,77)80-16-27-48-35(68)42(75)56(88-27)93-47-26(15-61)84-52(38(71)31(47)64)91-45-24(13-59)86-54(40(73)33(45)66)95-49-28(17-81-97(78,79)21-9-5-19(2)6-10-21)87-55(41(74)34(49)67)92-46-25(14-60)83-51(37(70)30(46)63)89-43-22(11-57)82-50(36(69)29(43)62)90-44-23(12-58)85-53(94-48)39(72)32(44)65/h3-10,22-75H,11-17H2,1-2H3/t22-,23-,24-,25-,26-,27-,28-,29-,30-,31-,32-,33-,34-,35-,36-,37-,38-,39+,40-,41-,42+,43-,44-,45-,46-,47-,48-,49-,50-,51-,52-,53-,54-,55-,56-/m1/s1. The number of aliphatic hydroxyl groups is 19. The smallest absolute Gasteiger partial charge is 0.297 e. The molecule has 2 aromatic rings. The number of hydrogen-bond donors (Lipinski definition) is 19. The predicted octanol–water partition coefficient (Wildman–Crippen LogP) is -11.8. The summed E-state index contributed by atoms with van der Waals surface area (Å²) in [5.41, 5.74) is 1.29. The Morgan fingerprint density at radius 2 is 0.433 bits per heavy atom. The van der Waals surface area contributed by atoms with Gasteiger partial charge in [0.25, 0.3) is 20.2 Å². The average Bonchev–Trinajstić information content (AvgIpc) is 0.784. The van der Waals surface area contributed by atoms with E-state index in [-0.39, 0.29) is 0 Å². The molecule has 97 heavy (non-hydrogen) atoms. The minimum Gasteiger partial charge on any atom is -0.394 e. The van der Waals surface area contributed by atoms with E-state index < -0.39 is 291 Å². The van der Waals surface area contributed by atoms with E-state index >= 15 is 0 Å². The first-order valence-electron chi connectivity index (χ1n) is 30.6. The number of hydrogen-bond acceptors (Lipinski definition) is 39. The normalized spacial score (nSPS) is 46.7. The summed E-state index contributed by atoms with van der Waals surface area (Å²) in [6.07, 6.45) is -75.7. The second-order valence-electron chi connectivity index (χ2n) is 24.4. The number of ether oxygens (including phenoxy) is 14. The van der Waals surface area contributed by atoms with Crippen LogP contribution < -0.4 is 0 Å². The summed E-state index contributed by atoms with van der Waals surface area (Å²) in [6.45, 7) is -4.70. The molecule has 0 amide bonds. The van der Waals surface area contributed by atoms with E-state index in [1.165, 1.54) is 48.5 Å². The molecule has 0 spiro atoms. The molecule has 19 N–H and O–H groups in total. The van der Waals surface area contributed by atoms with Gasteiger partial charge in [0.05, 0.1) is 56.0 Å². The summed E-state index contributed by atoms with van der Waals surface area (Å²) in [5, 5.41) is 216. The molecule has 41 heteroatoms. The van der Waals surface area contributed by atoms with Gasteiger partial charge in [0, 0.05) is 0 Å². The van der Waals surface area contributed by atoms with Crippen LogP contribution in [0.15, 0.2) is 58.3 Å². The molecule has 2 aromatic carbocycles. The molecule has 23 rings (SSSR count). The van der Waals surface area contributed by atoms with Gasteiger partial charge in [-0.15, -0.1) is 0 Å². The maximum Gasteiger partial charge on any atom is 0.297 e. The van der Waals surface area contributed by atoms with Crippen molar-refractivity contribution in [1.29, 1.82) is 0 Å². The van der Waals surface area contributed by atoms with Crippen LogP contribution >= 0.6 is 0 Å². The summed E-state index contributed by atoms with van der Waals surface area (Å²) in [4.78, 5) is -0.781. The van der Waals surface area contributed by atoms with Crippen LogP contribution in [0, 0.1) is 13.8 Å². The van der Waals surface area contributed by atoms with Crippen LogP contribution in [0.3, 0.4) is 0 Å². The van der Waals surface area contributed by atoms with E-state index in [2.05, 4.69) is 0 Å². The lowest BCUT2D eigenvalue weighted by Crippen LogP contribution is -2.68. The molecule has 0 aliphatic carbocycles. The van der Waals surface area contributed by atoms with Crippen molar-refractivity contribution in [2.75, 3.05) is 46.2 Å². The number of aliphatic hydroxyl groups excluding tert-OH is 19. The van der Waals surface area contributed by atoms with Crippen molar-refractivity contribution in [2.45, 2.75) is 239 Å². The highest BCUT2D eigenvalue weighted by atomic mass is 32.2. The summed E-state index contributed by atoms with van der Waals surface area (Å²) < 4.78 is 146. The molecule has 21 aliphatic rings. The van der Waals surface area contributed by atoms with Gasteiger partial charge in [-0.25, -0.2) is 0 Å². The lowest BCUT2D eigenvalue weighted by atomic mass is 9.95. The van der Waals surface area contributed by atoms with E-state index in [0.717, 1.165) is 0 Å². The number of benzene rings is 2. The fourth-order valence-electron chi connectivity index (χ4n) is 12.2. The minimum absolute atomic E-state index is 0.390. The van der Waals surface area contributed by atoms with E-state index in [4.69, 9.17) is 74.7 Å². The molecule has 14 bridgehead atoms. The van der Waals surface area contributed by atoms with Gasteiger partial charge in [-0.2, -0.15) is 16.8 Å². The fourth-order valence-corrected chi connectivity index (χ4v) is 14.1. The highest BCUT2D eigenvalue weighted by molar-refractivity contribution is 7.87. The van der Waals surface area contributed by atoms with Crippen LogP contribution in [0.2, 0.25) is 0 Å². The van der Waals surface area contributed by atoms with Crippen molar-refractivity contribution in [3.63, 3.8) is 0 Å². The second-order valence-corrected chi connectivity index (χ2v) is 27.6. The van der Waals surface area contributed by atoms with Gasteiger partial charge in [-0.1, -0.05) is 35.4 Å². The van der Waals surface area contributed by atoms with Crippen LogP contribution in [0.1, 0.15) is 11.1 Å². The molecule has 39 nitrogen and oxygen atoms in total. The highest BCUT2D eigenvalue weighted by Crippen LogP contribution is 2.40. The van der Waals surface area contributed by atoms with Crippen molar-refractivity contribution in [2.24, 2.45) is 0 Å². The lowest BCUT2D eigenvalue weighted by molar-refractivity contribution is -0.396. The topological polar surface area (TPSA) is 600 Å². The Morgan fingerprint density at radius 1 is 0.268 bits per heavy atom. The van der Waals surface area contributed by atoms with E-state index in [1.54, 1.807) is 13.8 Å². The SMILES string of the molecule is Cc1ccc(S(=O)(=O)OC[C@H]2O[C@@H]3O[C@H]4[C@H](O)[C@@H](O)[C@@H](O[C@H]5[C@H](O)[C@@H](O)[C@@H](O[C@H]6[C@H](O)[C@@H](O)[C@@H](O[C@H]7[C@H](O)[C@@H](O)[C@@H](O[C@H]8[C@H](O)[C@@H](O)[C@@H](O[C@H]9[C@H](O)[C@H](O)[C@@H](O[C@H]2[C@H](O)[C@@H]3O)O[C@@H]9CO)O[C@@H]8CO)O[C@@H]7CO)O[C@@H]6COS(=O)(=O)c2ccc(C)cc2)O[C@@H]5CO)O[C@@H]4CO)cc1. The minimum atomic E-state index is -4.75. The summed E-state index contributed by atoms with van der Waals surface area (Å²) in [5.74, 6) is 0. The maximum atomic E-state index is 13.6. The number of rotatable bonds is 13. The van der Waals surface area contributed by atoms with Crippen LogP contribution in [0.5, 0.6) is 0 Å². The molecule has 21 fully saturated rings. The average molecular weight is 1440 g/mol. The first kappa shape index (κ1) is 76.6. The quantitative estimate of drug-likeness (QED) is 0.0828. The molecule has 552 valence electrons. The van der Waals surface area contributed by atoms with Crippen molar-refractivity contribution in [1.82, 2.24) is 0 Å². The molecule has 21 saturated heterocycles. The van der Waals surface area contributed by atoms with Gasteiger partial charge in [0.2, 0.25) is 0 Å². The van der Waals surface area contributed by atoms with Gasteiger partial charge < -0.3 is 163 Å². The zero-order valence-electron chi connectivity index (χ0n) is 51.3. The zero-order valence-corrected chi connectivity index (χ0v) is 52.9. The molecule has 0 aromatic heterocycles. The Hall–Kier alpha value is -3.06. The molecule has 0 unspecified atom stereocenters. The van der Waals surface area contributed by atoms with E-state index in [1.807, 2.05) is 0 Å². The van der Waals surface area contributed by atoms with Crippen LogP contribution in [0.25, 0.3) is 0 Å². The highest BCUT2D eigenvalue weighted by Gasteiger charge is 2.60. The molecule has 21 aliphatic heterocycles. The molecular weight excluding hydrogens is 1360 g/mol. The Bertz CT molecular complexity index is 2980. The Balaban J connectivity index is 0.972. The third-order valence-corrected chi connectivity index (χ3v) is 20.4. The monoisotopic (exact) mass is 1440 g/mol. The van der Waals surface area contributed by atoms with E-state index in [9.17, 15) is 114 Å². The fraction of sp³-hybridized carbons (Fsp3) is 0.786. The first-order chi connectivity index (χ1) is 45.9. The molecule has 21 heterocycles. The third kappa shape index (κ3) is 16.0. The van der Waals surface area contributed by atoms with Crippen LogP contribution in [-0.2, 0) is 94.9 Å². The summed E-state index contributed by atoms with van der Waals surface area (Å²) >= 11 is 0. The molecule has 35 atom stereocenters. The van der Waals surface area contributed by atoms with Crippen molar-refractivity contribution < 1.29 is 189 Å². The summed E-state index contributed by atoms with van der Waals surface area (Å²) in [6, 6.07) is 10.5. The molecule has 0 radical (unpaired) electrons. The van der Waals surface area contributed by atoms with Crippen molar-refractivity contribution in [3.05, 3.63) is 59.7 Å². The van der Waals surface area contributed by atoms with Gasteiger partial charge in [-0.3, -0.25) is 8.37 Å². The van der Waals surface area contributed by atoms with Crippen LogP contribution in [0.4, 0.5) is 0 Å². The second kappa shape index (κ2) is 31.9. The maximum absolute atomic E-state index is 13.6. The Kier molecular flexibility index (Phi) is 25.2. The van der Waals surface area contributed by atoms with Crippen molar-refractivity contribution >= 4 is 20.2 Å². The zero-order chi connectivity index (χ0) is 70.4. The Morgan fingerprint density at radius 3 is 0.608 bits per heavy atom. The van der Waals surface area contributed by atoms with Gasteiger partial charge in [0.15, 0.2) is 44.0 Å². The predicted molar refractivity (Wildman–Crippen MR) is 303 cm³/mol. The van der Waals surface area contributed by atoms with Gasteiger partial charge >= 0.3 is 0 Å². The van der Waals surface area contributed by atoms with Crippen LogP contribution in [-0.4, -0.2) is 375 Å².